The van der Waals surface area contributed by atoms with Crippen molar-refractivity contribution in [2.45, 2.75) is 31.8 Å². The van der Waals surface area contributed by atoms with Crippen LogP contribution < -0.4 is 10.1 Å². The molecule has 6 heteroatoms. The molecule has 1 amide bonds. The van der Waals surface area contributed by atoms with Gasteiger partial charge in [0.05, 0.1) is 5.75 Å². The molecule has 28 heavy (non-hydrogen) atoms. The van der Waals surface area contributed by atoms with Crippen LogP contribution in [0.25, 0.3) is 0 Å². The van der Waals surface area contributed by atoms with Gasteiger partial charge in [-0.1, -0.05) is 61.2 Å². The summed E-state index contributed by atoms with van der Waals surface area (Å²) in [5, 5.41) is 3.53. The second kappa shape index (κ2) is 9.90. The second-order valence-electron chi connectivity index (χ2n) is 6.27. The van der Waals surface area contributed by atoms with Crippen LogP contribution in [0.3, 0.4) is 0 Å². The van der Waals surface area contributed by atoms with Crippen molar-refractivity contribution < 1.29 is 9.53 Å². The average molecular weight is 394 g/mol. The van der Waals surface area contributed by atoms with Crippen LogP contribution in [-0.2, 0) is 17.8 Å². The molecule has 2 aromatic carbocycles. The number of carbonyl (C=O) groups is 1. The van der Waals surface area contributed by atoms with E-state index >= 15 is 0 Å². The molecule has 3 rings (SSSR count). The lowest BCUT2D eigenvalue weighted by Crippen LogP contribution is -2.24. The van der Waals surface area contributed by atoms with Gasteiger partial charge in [0.1, 0.15) is 5.75 Å². The minimum Gasteiger partial charge on any atom is -0.436 e. The van der Waals surface area contributed by atoms with Gasteiger partial charge in [-0.25, -0.2) is 9.97 Å². The Morgan fingerprint density at radius 1 is 1.04 bits per heavy atom. The number of benzene rings is 2. The first-order valence-electron chi connectivity index (χ1n) is 9.17. The van der Waals surface area contributed by atoms with E-state index in [4.69, 9.17) is 4.74 Å². The van der Waals surface area contributed by atoms with Gasteiger partial charge in [-0.3, -0.25) is 4.79 Å². The molecule has 0 aliphatic carbocycles. The number of aryl methyl sites for hydroxylation is 2. The number of hydrogen-bond acceptors (Lipinski definition) is 5. The number of para-hydroxylation sites is 1. The maximum Gasteiger partial charge on any atom is 0.252 e. The Hall–Kier alpha value is -2.86. The van der Waals surface area contributed by atoms with E-state index in [9.17, 15) is 4.79 Å². The van der Waals surface area contributed by atoms with Crippen molar-refractivity contribution in [1.82, 2.24) is 15.3 Å². The maximum atomic E-state index is 12.2. The van der Waals surface area contributed by atoms with Crippen molar-refractivity contribution in [3.8, 4) is 11.6 Å². The summed E-state index contributed by atoms with van der Waals surface area (Å²) in [5.74, 6) is 1.32. The highest BCUT2D eigenvalue weighted by Gasteiger charge is 2.12. The summed E-state index contributed by atoms with van der Waals surface area (Å²) in [4.78, 5) is 20.8. The Labute approximate surface area is 169 Å². The van der Waals surface area contributed by atoms with Crippen LogP contribution in [0.2, 0.25) is 0 Å². The zero-order chi connectivity index (χ0) is 19.8. The second-order valence-corrected chi connectivity index (χ2v) is 7.23. The summed E-state index contributed by atoms with van der Waals surface area (Å²) in [7, 11) is 0. The van der Waals surface area contributed by atoms with Crippen molar-refractivity contribution in [2.24, 2.45) is 0 Å². The number of nitrogens with one attached hydrogen (secondary N) is 1. The monoisotopic (exact) mass is 393 g/mol. The molecule has 0 saturated heterocycles. The molecule has 0 unspecified atom stereocenters. The van der Waals surface area contributed by atoms with Crippen molar-refractivity contribution >= 4 is 17.7 Å². The summed E-state index contributed by atoms with van der Waals surface area (Å²) in [6, 6.07) is 16.0. The first-order valence-corrected chi connectivity index (χ1v) is 10.2. The third-order valence-electron chi connectivity index (χ3n) is 4.19. The molecule has 0 spiro atoms. The van der Waals surface area contributed by atoms with E-state index in [-0.39, 0.29) is 11.7 Å². The minimum absolute atomic E-state index is 0.0583. The SMILES string of the molecule is CCc1ccc(CNC(=O)CSc2nccnc2Oc2ccccc2C)cc1. The molecule has 0 fully saturated rings. The number of amides is 1. The molecule has 1 aromatic heterocycles. The fourth-order valence-corrected chi connectivity index (χ4v) is 3.26. The predicted octanol–water partition coefficient (Wildman–Crippen LogP) is 4.55. The number of carbonyl (C=O) groups excluding carboxylic acids is 1. The van der Waals surface area contributed by atoms with Gasteiger partial charge in [0, 0.05) is 18.9 Å². The fourth-order valence-electron chi connectivity index (χ4n) is 2.54. The molecule has 3 aromatic rings. The Morgan fingerprint density at radius 2 is 1.75 bits per heavy atom. The number of hydrogen-bond donors (Lipinski definition) is 1. The van der Waals surface area contributed by atoms with E-state index in [0.717, 1.165) is 23.3 Å². The quantitative estimate of drug-likeness (QED) is 0.569. The van der Waals surface area contributed by atoms with Crippen LogP contribution in [0.1, 0.15) is 23.6 Å². The van der Waals surface area contributed by atoms with Gasteiger partial charge in [0.2, 0.25) is 5.91 Å². The number of rotatable bonds is 8. The van der Waals surface area contributed by atoms with Gasteiger partial charge in [-0.05, 0) is 36.1 Å². The normalized spacial score (nSPS) is 10.5. The standard InChI is InChI=1S/C22H23N3O2S/c1-3-17-8-10-18(11-9-17)14-25-20(26)15-28-22-21(23-12-13-24-22)27-19-7-5-4-6-16(19)2/h4-13H,3,14-15H2,1-2H3,(H,25,26). The van der Waals surface area contributed by atoms with E-state index in [1.165, 1.54) is 17.3 Å². The van der Waals surface area contributed by atoms with Gasteiger partial charge in [-0.2, -0.15) is 0 Å². The van der Waals surface area contributed by atoms with Crippen LogP contribution >= 0.6 is 11.8 Å². The van der Waals surface area contributed by atoms with Crippen molar-refractivity contribution in [1.29, 1.82) is 0 Å². The lowest BCUT2D eigenvalue weighted by atomic mass is 10.1. The van der Waals surface area contributed by atoms with Crippen molar-refractivity contribution in [3.05, 3.63) is 77.6 Å². The third kappa shape index (κ3) is 5.57. The Morgan fingerprint density at radius 3 is 2.50 bits per heavy atom. The number of nitrogens with zero attached hydrogens (tertiary/aromatic N) is 2. The Balaban J connectivity index is 1.55. The van der Waals surface area contributed by atoms with Crippen LogP contribution in [-0.4, -0.2) is 21.6 Å². The summed E-state index contributed by atoms with van der Waals surface area (Å²) in [6.07, 6.45) is 4.19. The fraction of sp³-hybridized carbons (Fsp3) is 0.227. The molecule has 144 valence electrons. The van der Waals surface area contributed by atoms with Crippen molar-refractivity contribution in [3.63, 3.8) is 0 Å². The predicted molar refractivity (Wildman–Crippen MR) is 112 cm³/mol. The summed E-state index contributed by atoms with van der Waals surface area (Å²) < 4.78 is 5.90. The van der Waals surface area contributed by atoms with E-state index in [1.54, 1.807) is 12.4 Å². The molecule has 0 radical (unpaired) electrons. The van der Waals surface area contributed by atoms with E-state index in [2.05, 4.69) is 34.3 Å². The van der Waals surface area contributed by atoms with Gasteiger partial charge in [0.15, 0.2) is 5.03 Å². The molecular weight excluding hydrogens is 370 g/mol. The van der Waals surface area contributed by atoms with E-state index < -0.39 is 0 Å². The highest BCUT2D eigenvalue weighted by molar-refractivity contribution is 8.00. The Kier molecular flexibility index (Phi) is 7.03. The zero-order valence-electron chi connectivity index (χ0n) is 16.0. The van der Waals surface area contributed by atoms with Gasteiger partial charge < -0.3 is 10.1 Å². The number of aromatic nitrogens is 2. The zero-order valence-corrected chi connectivity index (χ0v) is 16.8. The highest BCUT2D eigenvalue weighted by Crippen LogP contribution is 2.30. The molecule has 5 nitrogen and oxygen atoms in total. The lowest BCUT2D eigenvalue weighted by molar-refractivity contribution is -0.118. The van der Waals surface area contributed by atoms with Gasteiger partial charge in [-0.15, -0.1) is 0 Å². The van der Waals surface area contributed by atoms with E-state index in [1.807, 2.05) is 43.3 Å². The molecule has 0 saturated carbocycles. The lowest BCUT2D eigenvalue weighted by Gasteiger charge is -2.10. The molecule has 0 aliphatic heterocycles. The molecular formula is C22H23N3O2S. The number of thioether (sulfide) groups is 1. The first-order chi connectivity index (χ1) is 13.7. The molecule has 0 aliphatic rings. The maximum absolute atomic E-state index is 12.2. The van der Waals surface area contributed by atoms with Crippen LogP contribution in [0, 0.1) is 6.92 Å². The molecule has 1 N–H and O–H groups in total. The van der Waals surface area contributed by atoms with Crippen molar-refractivity contribution in [2.75, 3.05) is 5.75 Å². The molecule has 0 bridgehead atoms. The third-order valence-corrected chi connectivity index (χ3v) is 5.15. The van der Waals surface area contributed by atoms with Gasteiger partial charge >= 0.3 is 0 Å². The smallest absolute Gasteiger partial charge is 0.252 e. The average Bonchev–Trinajstić information content (AvgIpc) is 2.73. The van der Waals surface area contributed by atoms with Crippen LogP contribution in [0.4, 0.5) is 0 Å². The largest absolute Gasteiger partial charge is 0.436 e. The minimum atomic E-state index is -0.0583. The summed E-state index contributed by atoms with van der Waals surface area (Å²) in [6.45, 7) is 4.60. The highest BCUT2D eigenvalue weighted by atomic mass is 32.2. The molecule has 1 heterocycles. The number of ether oxygens (including phenoxy) is 1. The molecule has 0 atom stereocenters. The van der Waals surface area contributed by atoms with Gasteiger partial charge in [0.25, 0.3) is 5.88 Å². The summed E-state index contributed by atoms with van der Waals surface area (Å²) >= 11 is 1.31. The topological polar surface area (TPSA) is 64.1 Å². The van der Waals surface area contributed by atoms with Crippen LogP contribution in [0.5, 0.6) is 11.6 Å². The first kappa shape index (κ1) is 19.9. The Bertz CT molecular complexity index is 929. The van der Waals surface area contributed by atoms with Crippen LogP contribution in [0.15, 0.2) is 66.0 Å². The summed E-state index contributed by atoms with van der Waals surface area (Å²) in [5.41, 5.74) is 3.38. The van der Waals surface area contributed by atoms with E-state index in [0.29, 0.717) is 17.5 Å².